The van der Waals surface area contributed by atoms with Crippen LogP contribution in [0.15, 0.2) is 48.5 Å². The molecule has 0 aliphatic heterocycles. The van der Waals surface area contributed by atoms with Gasteiger partial charge in [0.05, 0.1) is 8.39 Å². The fourth-order valence-corrected chi connectivity index (χ4v) is 4.62. The fraction of sp³-hybridized carbons (Fsp3) is 0.125. The minimum absolute atomic E-state index is 0.879. The van der Waals surface area contributed by atoms with Crippen LogP contribution in [0, 0.1) is 13.8 Å². The van der Waals surface area contributed by atoms with Crippen LogP contribution in [0.1, 0.15) is 22.3 Å². The van der Waals surface area contributed by atoms with E-state index in [1.54, 1.807) is 21.6 Å². The molecule has 0 amide bonds. The minimum atomic E-state index is 0.879. The van der Waals surface area contributed by atoms with Gasteiger partial charge in [-0.15, -0.1) is 0 Å². The first-order chi connectivity index (χ1) is 9.59. The van der Waals surface area contributed by atoms with Crippen molar-refractivity contribution < 1.29 is 0 Å². The number of aryl methyl sites for hydroxylation is 2. The fourth-order valence-electron chi connectivity index (χ4n) is 1.77. The van der Waals surface area contributed by atoms with E-state index in [0.717, 1.165) is 19.5 Å². The van der Waals surface area contributed by atoms with E-state index in [-0.39, 0.29) is 0 Å². The van der Waals surface area contributed by atoms with Crippen LogP contribution in [-0.4, -0.2) is 8.39 Å². The van der Waals surface area contributed by atoms with Gasteiger partial charge in [0.15, 0.2) is 0 Å². The number of thiocarbonyl (C=S) groups is 2. The highest BCUT2D eigenvalue weighted by atomic mass is 33.1. The van der Waals surface area contributed by atoms with Gasteiger partial charge in [-0.05, 0) is 46.6 Å². The molecule has 0 N–H and O–H groups in total. The van der Waals surface area contributed by atoms with E-state index in [1.165, 1.54) is 11.1 Å². The number of hydrogen-bond donors (Lipinski definition) is 0. The number of hydrogen-bond acceptors (Lipinski definition) is 4. The van der Waals surface area contributed by atoms with Crippen LogP contribution in [0.5, 0.6) is 0 Å². The molecule has 2 aromatic rings. The summed E-state index contributed by atoms with van der Waals surface area (Å²) in [6.07, 6.45) is 0. The molecule has 0 unspecified atom stereocenters. The molecule has 2 aromatic carbocycles. The SMILES string of the molecule is Cc1ccccc1C(=S)SSC(=S)c1ccccc1C. The molecule has 0 heterocycles. The lowest BCUT2D eigenvalue weighted by molar-refractivity contribution is 1.46. The highest BCUT2D eigenvalue weighted by molar-refractivity contribution is 8.90. The Kier molecular flexibility index (Phi) is 5.78. The molecule has 20 heavy (non-hydrogen) atoms. The molecule has 2 rings (SSSR count). The molecule has 0 fully saturated rings. The molecule has 0 radical (unpaired) electrons. The first kappa shape index (κ1) is 15.7. The maximum Gasteiger partial charge on any atom is 0.0891 e. The summed E-state index contributed by atoms with van der Waals surface area (Å²) in [7, 11) is 3.12. The Balaban J connectivity index is 2.03. The van der Waals surface area contributed by atoms with Gasteiger partial charge < -0.3 is 0 Å². The van der Waals surface area contributed by atoms with E-state index in [9.17, 15) is 0 Å². The zero-order valence-corrected chi connectivity index (χ0v) is 14.5. The third-order valence-electron chi connectivity index (χ3n) is 2.92. The van der Waals surface area contributed by atoms with Crippen molar-refractivity contribution in [1.29, 1.82) is 0 Å². The van der Waals surface area contributed by atoms with Crippen molar-refractivity contribution in [3.8, 4) is 0 Å². The topological polar surface area (TPSA) is 0 Å². The van der Waals surface area contributed by atoms with E-state index < -0.39 is 0 Å². The van der Waals surface area contributed by atoms with Crippen LogP contribution in [0.3, 0.4) is 0 Å². The van der Waals surface area contributed by atoms with E-state index >= 15 is 0 Å². The Bertz CT molecular complexity index is 589. The van der Waals surface area contributed by atoms with E-state index in [2.05, 4.69) is 38.1 Å². The molecular weight excluding hydrogens is 320 g/mol. The summed E-state index contributed by atoms with van der Waals surface area (Å²) in [6.45, 7) is 4.15. The van der Waals surface area contributed by atoms with Crippen LogP contribution in [-0.2, 0) is 0 Å². The molecule has 0 aliphatic rings. The van der Waals surface area contributed by atoms with Crippen LogP contribution < -0.4 is 0 Å². The third kappa shape index (κ3) is 3.92. The van der Waals surface area contributed by atoms with Gasteiger partial charge >= 0.3 is 0 Å². The summed E-state index contributed by atoms with van der Waals surface area (Å²) in [4.78, 5) is 0. The summed E-state index contributed by atoms with van der Waals surface area (Å²) < 4.78 is 1.76. The van der Waals surface area contributed by atoms with Gasteiger partial charge in [0.1, 0.15) is 0 Å². The summed E-state index contributed by atoms with van der Waals surface area (Å²) >= 11 is 11.0. The smallest absolute Gasteiger partial charge is 0.0709 e. The molecule has 0 nitrogen and oxygen atoms in total. The van der Waals surface area contributed by atoms with Crippen molar-refractivity contribution in [3.05, 3.63) is 70.8 Å². The zero-order valence-electron chi connectivity index (χ0n) is 11.3. The van der Waals surface area contributed by atoms with Crippen LogP contribution in [0.25, 0.3) is 0 Å². The standard InChI is InChI=1S/C16H14S4/c1-11-7-3-5-9-13(11)15(17)19-20-16(18)14-10-6-4-8-12(14)2/h3-10H,1-2H3. The molecule has 0 saturated heterocycles. The van der Waals surface area contributed by atoms with Crippen LogP contribution >= 0.6 is 46.0 Å². The van der Waals surface area contributed by atoms with Crippen LogP contribution in [0.4, 0.5) is 0 Å². The Morgan fingerprint density at radius 2 is 1.05 bits per heavy atom. The lowest BCUT2D eigenvalue weighted by Gasteiger charge is -2.08. The second-order valence-corrected chi connectivity index (χ2v) is 7.85. The first-order valence-corrected chi connectivity index (χ1v) is 9.10. The molecule has 0 aromatic heterocycles. The number of benzene rings is 2. The van der Waals surface area contributed by atoms with E-state index in [1.807, 2.05) is 24.3 Å². The van der Waals surface area contributed by atoms with Crippen molar-refractivity contribution in [2.45, 2.75) is 13.8 Å². The molecule has 4 heteroatoms. The predicted octanol–water partition coefficient (Wildman–Crippen LogP) is 5.74. The Hall–Kier alpha value is -0.680. The Morgan fingerprint density at radius 3 is 1.40 bits per heavy atom. The summed E-state index contributed by atoms with van der Waals surface area (Å²) in [5.41, 5.74) is 4.64. The summed E-state index contributed by atoms with van der Waals surface area (Å²) in [6, 6.07) is 16.3. The van der Waals surface area contributed by atoms with Gasteiger partial charge in [-0.3, -0.25) is 0 Å². The van der Waals surface area contributed by atoms with Gasteiger partial charge in [0, 0.05) is 11.1 Å². The molecule has 0 saturated carbocycles. The molecular formula is C16H14S4. The normalized spacial score (nSPS) is 10.3. The lowest BCUT2D eigenvalue weighted by Crippen LogP contribution is -1.97. The Morgan fingerprint density at radius 1 is 0.700 bits per heavy atom. The van der Waals surface area contributed by atoms with Crippen molar-refractivity contribution in [3.63, 3.8) is 0 Å². The predicted molar refractivity (Wildman–Crippen MR) is 101 cm³/mol. The number of rotatable bonds is 2. The van der Waals surface area contributed by atoms with Gasteiger partial charge in [-0.25, -0.2) is 0 Å². The summed E-state index contributed by atoms with van der Waals surface area (Å²) in [5.74, 6) is 0. The highest BCUT2D eigenvalue weighted by Crippen LogP contribution is 2.32. The monoisotopic (exact) mass is 334 g/mol. The largest absolute Gasteiger partial charge is 0.0891 e. The minimum Gasteiger partial charge on any atom is -0.0709 e. The molecule has 0 spiro atoms. The summed E-state index contributed by atoms with van der Waals surface area (Å²) in [5, 5.41) is 0. The second-order valence-electron chi connectivity index (χ2n) is 4.37. The molecule has 102 valence electrons. The van der Waals surface area contributed by atoms with Gasteiger partial charge in [-0.2, -0.15) is 0 Å². The lowest BCUT2D eigenvalue weighted by atomic mass is 10.1. The van der Waals surface area contributed by atoms with Crippen molar-refractivity contribution in [2.24, 2.45) is 0 Å². The molecule has 0 bridgehead atoms. The van der Waals surface area contributed by atoms with Gasteiger partial charge in [-0.1, -0.05) is 73.0 Å². The van der Waals surface area contributed by atoms with Gasteiger partial charge in [0.25, 0.3) is 0 Å². The third-order valence-corrected chi connectivity index (χ3v) is 6.57. The maximum atomic E-state index is 5.49. The van der Waals surface area contributed by atoms with Crippen molar-refractivity contribution in [1.82, 2.24) is 0 Å². The van der Waals surface area contributed by atoms with E-state index in [0.29, 0.717) is 0 Å². The first-order valence-electron chi connectivity index (χ1n) is 6.14. The van der Waals surface area contributed by atoms with E-state index in [4.69, 9.17) is 24.4 Å². The second kappa shape index (κ2) is 7.36. The van der Waals surface area contributed by atoms with Crippen molar-refractivity contribution in [2.75, 3.05) is 0 Å². The average Bonchev–Trinajstić information content (AvgIpc) is 2.45. The maximum absolute atomic E-state index is 5.49. The van der Waals surface area contributed by atoms with Crippen LogP contribution in [0.2, 0.25) is 0 Å². The molecule has 0 aliphatic carbocycles. The quantitative estimate of drug-likeness (QED) is 0.507. The van der Waals surface area contributed by atoms with Gasteiger partial charge in [0.2, 0.25) is 0 Å². The Labute approximate surface area is 138 Å². The highest BCUT2D eigenvalue weighted by Gasteiger charge is 2.10. The van der Waals surface area contributed by atoms with Crippen molar-refractivity contribution >= 4 is 54.4 Å². The molecule has 0 atom stereocenters. The zero-order chi connectivity index (χ0) is 14.5. The average molecular weight is 335 g/mol.